The Bertz CT molecular complexity index is 686. The third kappa shape index (κ3) is 3.45. The number of aromatic nitrogens is 2. The van der Waals surface area contributed by atoms with Crippen LogP contribution in [-0.4, -0.2) is 91.2 Å². The fourth-order valence-corrected chi connectivity index (χ4v) is 2.91. The standard InChI is InChI=1S/C14H21N3O9/c15-7-1-2-17(14(23)16-7)12-10(21)9(20)6(25-12)4-24-13-11(22)8(19)5(3-18)26-13/h1-2,5-6,8-13,18-22H,3-4H2,(H2,15,16,23)/t5-,6-,8-,9-,10-,11-,12-,13?/m1/s1. The lowest BCUT2D eigenvalue weighted by Gasteiger charge is -2.20. The number of rotatable bonds is 5. The summed E-state index contributed by atoms with van der Waals surface area (Å²) in [5.41, 5.74) is 4.65. The summed E-state index contributed by atoms with van der Waals surface area (Å²) in [6.07, 6.45) is -8.74. The van der Waals surface area contributed by atoms with Crippen LogP contribution >= 0.6 is 0 Å². The third-order valence-corrected chi connectivity index (χ3v) is 4.39. The summed E-state index contributed by atoms with van der Waals surface area (Å²) in [6, 6.07) is 1.34. The highest BCUT2D eigenvalue weighted by Gasteiger charge is 2.47. The number of nitrogens with two attached hydrogens (primary N) is 1. The molecule has 3 heterocycles. The van der Waals surface area contributed by atoms with Crippen LogP contribution in [-0.2, 0) is 14.2 Å². The molecule has 2 aliphatic heterocycles. The molecule has 1 aromatic rings. The maximum Gasteiger partial charge on any atom is 0.351 e. The summed E-state index contributed by atoms with van der Waals surface area (Å²) in [4.78, 5) is 15.4. The van der Waals surface area contributed by atoms with E-state index in [4.69, 9.17) is 25.1 Å². The highest BCUT2D eigenvalue weighted by atomic mass is 16.7. The van der Waals surface area contributed by atoms with Gasteiger partial charge in [0.2, 0.25) is 0 Å². The van der Waals surface area contributed by atoms with Crippen LogP contribution in [0.4, 0.5) is 5.82 Å². The molecule has 0 bridgehead atoms. The highest BCUT2D eigenvalue weighted by molar-refractivity contribution is 5.23. The monoisotopic (exact) mass is 375 g/mol. The Balaban J connectivity index is 1.64. The zero-order valence-electron chi connectivity index (χ0n) is 13.5. The van der Waals surface area contributed by atoms with Crippen molar-refractivity contribution in [2.75, 3.05) is 18.9 Å². The van der Waals surface area contributed by atoms with E-state index in [1.807, 2.05) is 0 Å². The van der Waals surface area contributed by atoms with E-state index in [0.29, 0.717) is 0 Å². The van der Waals surface area contributed by atoms with Gasteiger partial charge in [0, 0.05) is 6.20 Å². The minimum Gasteiger partial charge on any atom is -0.394 e. The minimum atomic E-state index is -1.43. The molecule has 0 aliphatic carbocycles. The largest absolute Gasteiger partial charge is 0.394 e. The second-order valence-corrected chi connectivity index (χ2v) is 6.13. The van der Waals surface area contributed by atoms with Crippen molar-refractivity contribution in [2.24, 2.45) is 0 Å². The Kier molecular flexibility index (Phi) is 5.55. The van der Waals surface area contributed by atoms with Gasteiger partial charge in [0.15, 0.2) is 12.5 Å². The maximum absolute atomic E-state index is 11.9. The third-order valence-electron chi connectivity index (χ3n) is 4.39. The Morgan fingerprint density at radius 3 is 2.42 bits per heavy atom. The molecule has 12 nitrogen and oxygen atoms in total. The number of aliphatic hydroxyl groups excluding tert-OH is 5. The highest BCUT2D eigenvalue weighted by Crippen LogP contribution is 2.30. The molecule has 2 fully saturated rings. The van der Waals surface area contributed by atoms with E-state index in [9.17, 15) is 25.2 Å². The van der Waals surface area contributed by atoms with Gasteiger partial charge in [-0.15, -0.1) is 0 Å². The molecule has 8 atom stereocenters. The number of hydrogen-bond acceptors (Lipinski definition) is 11. The number of nitrogen functional groups attached to an aromatic ring is 1. The fourth-order valence-electron chi connectivity index (χ4n) is 2.91. The molecule has 7 N–H and O–H groups in total. The van der Waals surface area contributed by atoms with E-state index in [-0.39, 0.29) is 12.4 Å². The number of anilines is 1. The number of ether oxygens (including phenoxy) is 3. The predicted octanol–water partition coefficient (Wildman–Crippen LogP) is -4.10. The molecule has 3 rings (SSSR count). The van der Waals surface area contributed by atoms with Gasteiger partial charge in [0.1, 0.15) is 42.4 Å². The molecule has 1 unspecified atom stereocenters. The van der Waals surface area contributed by atoms with Crippen molar-refractivity contribution in [2.45, 2.75) is 49.1 Å². The van der Waals surface area contributed by atoms with Gasteiger partial charge in [-0.3, -0.25) is 4.57 Å². The maximum atomic E-state index is 11.9. The second kappa shape index (κ2) is 7.54. The van der Waals surface area contributed by atoms with Crippen molar-refractivity contribution in [1.29, 1.82) is 0 Å². The lowest BCUT2D eigenvalue weighted by Crippen LogP contribution is -2.38. The van der Waals surface area contributed by atoms with E-state index in [1.54, 1.807) is 0 Å². The van der Waals surface area contributed by atoms with E-state index < -0.39 is 61.4 Å². The molecule has 0 radical (unpaired) electrons. The van der Waals surface area contributed by atoms with Crippen LogP contribution in [0.1, 0.15) is 6.23 Å². The van der Waals surface area contributed by atoms with Crippen LogP contribution in [0.15, 0.2) is 17.1 Å². The Morgan fingerprint density at radius 1 is 1.12 bits per heavy atom. The number of hydrogen-bond donors (Lipinski definition) is 6. The topological polar surface area (TPSA) is 190 Å². The van der Waals surface area contributed by atoms with Gasteiger partial charge in [0.05, 0.1) is 13.2 Å². The zero-order chi connectivity index (χ0) is 19.0. The first kappa shape index (κ1) is 19.1. The first-order chi connectivity index (χ1) is 12.3. The average Bonchev–Trinajstić information content (AvgIpc) is 3.04. The number of aliphatic hydroxyl groups is 5. The molecule has 2 saturated heterocycles. The molecule has 1 aromatic heterocycles. The molecule has 146 valence electrons. The van der Waals surface area contributed by atoms with Gasteiger partial charge in [-0.05, 0) is 6.07 Å². The predicted molar refractivity (Wildman–Crippen MR) is 82.5 cm³/mol. The molecule has 26 heavy (non-hydrogen) atoms. The summed E-state index contributed by atoms with van der Waals surface area (Å²) in [6.45, 7) is -0.813. The first-order valence-electron chi connectivity index (χ1n) is 7.93. The van der Waals surface area contributed by atoms with Gasteiger partial charge in [-0.2, -0.15) is 4.98 Å². The molecule has 2 aliphatic rings. The SMILES string of the molecule is Nc1ccn([C@@H]2O[C@H](COC3O[C@H](CO)[C@@H](O)[C@H]3O)[C@@H](O)[C@H]2O)c(=O)n1. The van der Waals surface area contributed by atoms with Gasteiger partial charge in [-0.1, -0.05) is 0 Å². The number of nitrogens with zero attached hydrogens (tertiary/aromatic N) is 2. The van der Waals surface area contributed by atoms with Gasteiger partial charge >= 0.3 is 5.69 Å². The first-order valence-corrected chi connectivity index (χ1v) is 7.93. The minimum absolute atomic E-state index is 0.00327. The summed E-state index contributed by atoms with van der Waals surface area (Å²) in [5.74, 6) is 0.00327. The van der Waals surface area contributed by atoms with Crippen molar-refractivity contribution >= 4 is 5.82 Å². The summed E-state index contributed by atoms with van der Waals surface area (Å²) in [7, 11) is 0. The van der Waals surface area contributed by atoms with Gasteiger partial charge in [-0.25, -0.2) is 4.79 Å². The Labute approximate surface area is 147 Å². The quantitative estimate of drug-likeness (QED) is 0.293. The van der Waals surface area contributed by atoms with E-state index >= 15 is 0 Å². The van der Waals surface area contributed by atoms with Crippen molar-refractivity contribution in [3.63, 3.8) is 0 Å². The molecular formula is C14H21N3O9. The summed E-state index contributed by atoms with van der Waals surface area (Å²) in [5, 5.41) is 48.8. The van der Waals surface area contributed by atoms with Crippen molar-refractivity contribution in [3.8, 4) is 0 Å². The van der Waals surface area contributed by atoms with Crippen LogP contribution in [0.2, 0.25) is 0 Å². The van der Waals surface area contributed by atoms with Crippen LogP contribution in [0.5, 0.6) is 0 Å². The second-order valence-electron chi connectivity index (χ2n) is 6.13. The summed E-state index contributed by atoms with van der Waals surface area (Å²) >= 11 is 0. The Morgan fingerprint density at radius 2 is 1.81 bits per heavy atom. The normalized spacial score (nSPS) is 40.2. The smallest absolute Gasteiger partial charge is 0.351 e. The van der Waals surface area contributed by atoms with Crippen molar-refractivity contribution in [3.05, 3.63) is 22.7 Å². The van der Waals surface area contributed by atoms with Crippen LogP contribution in [0.3, 0.4) is 0 Å². The van der Waals surface area contributed by atoms with Crippen LogP contribution in [0.25, 0.3) is 0 Å². The summed E-state index contributed by atoms with van der Waals surface area (Å²) < 4.78 is 16.9. The fraction of sp³-hybridized carbons (Fsp3) is 0.714. The van der Waals surface area contributed by atoms with Gasteiger partial charge < -0.3 is 45.5 Å². The molecule has 12 heteroatoms. The average molecular weight is 375 g/mol. The lowest BCUT2D eigenvalue weighted by atomic mass is 10.1. The van der Waals surface area contributed by atoms with Crippen molar-refractivity contribution in [1.82, 2.24) is 9.55 Å². The molecule has 0 saturated carbocycles. The van der Waals surface area contributed by atoms with Crippen LogP contribution in [0, 0.1) is 0 Å². The van der Waals surface area contributed by atoms with E-state index in [2.05, 4.69) is 4.98 Å². The Hall–Kier alpha value is -1.64. The van der Waals surface area contributed by atoms with Crippen LogP contribution < -0.4 is 11.4 Å². The van der Waals surface area contributed by atoms with Crippen molar-refractivity contribution < 1.29 is 39.7 Å². The van der Waals surface area contributed by atoms with E-state index in [0.717, 1.165) is 4.57 Å². The molecule has 0 spiro atoms. The van der Waals surface area contributed by atoms with Gasteiger partial charge in [0.25, 0.3) is 0 Å². The molecular weight excluding hydrogens is 354 g/mol. The zero-order valence-corrected chi connectivity index (χ0v) is 13.5. The molecule has 0 amide bonds. The van der Waals surface area contributed by atoms with E-state index in [1.165, 1.54) is 12.3 Å². The lowest BCUT2D eigenvalue weighted by molar-refractivity contribution is -0.190. The molecule has 0 aromatic carbocycles.